The number of carbonyl (C=O) groups is 2. The van der Waals surface area contributed by atoms with E-state index in [2.05, 4.69) is 23.1 Å². The Balaban J connectivity index is 1.21. The standard InChI is InChI=1S/C24H32N2O3/c1-25(14-15-26-12-2-3-13-26)22(27)18-8-10-24(11-9-18)21-7-6-19(17-4-5-17)16-20(21)23(28)29-24/h6-7,16-18H,2-5,8-15H2,1H3/t18-,24-. The van der Waals surface area contributed by atoms with E-state index in [1.807, 2.05) is 11.9 Å². The van der Waals surface area contributed by atoms with Crippen LogP contribution in [-0.2, 0) is 15.1 Å². The first-order valence-electron chi connectivity index (χ1n) is 11.4. The van der Waals surface area contributed by atoms with Gasteiger partial charge in [-0.05, 0) is 82.0 Å². The van der Waals surface area contributed by atoms with Crippen molar-refractivity contribution in [1.29, 1.82) is 0 Å². The summed E-state index contributed by atoms with van der Waals surface area (Å²) >= 11 is 0. The van der Waals surface area contributed by atoms with Crippen LogP contribution in [0.15, 0.2) is 18.2 Å². The van der Waals surface area contributed by atoms with Gasteiger partial charge in [-0.25, -0.2) is 4.79 Å². The molecule has 1 aromatic rings. The van der Waals surface area contributed by atoms with Crippen LogP contribution < -0.4 is 0 Å². The van der Waals surface area contributed by atoms with E-state index in [9.17, 15) is 9.59 Å². The van der Waals surface area contributed by atoms with Crippen LogP contribution in [0.1, 0.15) is 78.8 Å². The van der Waals surface area contributed by atoms with Crippen molar-refractivity contribution in [2.24, 2.45) is 5.92 Å². The largest absolute Gasteiger partial charge is 0.451 e. The second-order valence-electron chi connectivity index (χ2n) is 9.55. The molecular formula is C24H32N2O3. The molecule has 1 spiro atoms. The Labute approximate surface area is 173 Å². The van der Waals surface area contributed by atoms with Gasteiger partial charge in [-0.1, -0.05) is 12.1 Å². The van der Waals surface area contributed by atoms with Crippen LogP contribution in [0.4, 0.5) is 0 Å². The zero-order valence-electron chi connectivity index (χ0n) is 17.5. The minimum Gasteiger partial charge on any atom is -0.451 e. The van der Waals surface area contributed by atoms with Crippen molar-refractivity contribution in [2.75, 3.05) is 33.2 Å². The van der Waals surface area contributed by atoms with E-state index in [-0.39, 0.29) is 17.8 Å². The quantitative estimate of drug-likeness (QED) is 0.713. The fraction of sp³-hybridized carbons (Fsp3) is 0.667. The summed E-state index contributed by atoms with van der Waals surface area (Å²) in [4.78, 5) is 29.9. The van der Waals surface area contributed by atoms with Gasteiger partial charge >= 0.3 is 5.97 Å². The molecule has 1 amide bonds. The maximum absolute atomic E-state index is 12.9. The lowest BCUT2D eigenvalue weighted by Crippen LogP contribution is -2.41. The van der Waals surface area contributed by atoms with Crippen molar-refractivity contribution >= 4 is 11.9 Å². The van der Waals surface area contributed by atoms with E-state index in [4.69, 9.17) is 4.74 Å². The molecule has 0 atom stereocenters. The number of nitrogens with zero attached hydrogens (tertiary/aromatic N) is 2. The lowest BCUT2D eigenvalue weighted by molar-refractivity contribution is -0.137. The molecule has 5 nitrogen and oxygen atoms in total. The van der Waals surface area contributed by atoms with Crippen molar-refractivity contribution < 1.29 is 14.3 Å². The summed E-state index contributed by atoms with van der Waals surface area (Å²) in [5, 5.41) is 0. The molecule has 2 aliphatic heterocycles. The maximum atomic E-state index is 12.9. The van der Waals surface area contributed by atoms with E-state index >= 15 is 0 Å². The molecule has 4 aliphatic rings. The Bertz CT molecular complexity index is 802. The molecule has 2 heterocycles. The number of likely N-dealkylation sites (tertiary alicyclic amines) is 1. The number of fused-ring (bicyclic) bond motifs is 2. The van der Waals surface area contributed by atoms with Crippen LogP contribution >= 0.6 is 0 Å². The van der Waals surface area contributed by atoms with E-state index < -0.39 is 5.60 Å². The van der Waals surface area contributed by atoms with Crippen molar-refractivity contribution in [1.82, 2.24) is 9.80 Å². The molecule has 0 aromatic heterocycles. The fourth-order valence-corrected chi connectivity index (χ4v) is 5.51. The van der Waals surface area contributed by atoms with E-state index in [1.165, 1.54) is 44.3 Å². The van der Waals surface area contributed by atoms with Gasteiger partial charge in [0.1, 0.15) is 5.60 Å². The second kappa shape index (κ2) is 7.42. The lowest BCUT2D eigenvalue weighted by Gasteiger charge is -2.37. The van der Waals surface area contributed by atoms with Crippen molar-refractivity contribution in [2.45, 2.75) is 62.9 Å². The average Bonchev–Trinajstić information content (AvgIpc) is 3.40. The fourth-order valence-electron chi connectivity index (χ4n) is 5.51. The smallest absolute Gasteiger partial charge is 0.339 e. The molecule has 0 bridgehead atoms. The Kier molecular flexibility index (Phi) is 4.89. The van der Waals surface area contributed by atoms with Gasteiger partial charge in [0.25, 0.3) is 0 Å². The van der Waals surface area contributed by atoms with Crippen molar-refractivity contribution in [3.63, 3.8) is 0 Å². The van der Waals surface area contributed by atoms with Gasteiger partial charge in [0, 0.05) is 31.6 Å². The van der Waals surface area contributed by atoms with Crippen molar-refractivity contribution in [3.05, 3.63) is 34.9 Å². The minimum atomic E-state index is -0.501. The molecule has 1 aromatic carbocycles. The zero-order valence-corrected chi connectivity index (χ0v) is 17.5. The average molecular weight is 397 g/mol. The van der Waals surface area contributed by atoms with Gasteiger partial charge in [-0.15, -0.1) is 0 Å². The van der Waals surface area contributed by atoms with Crippen LogP contribution in [0.5, 0.6) is 0 Å². The zero-order chi connectivity index (χ0) is 20.0. The Morgan fingerprint density at radius 1 is 1.17 bits per heavy atom. The number of ether oxygens (including phenoxy) is 1. The predicted octanol–water partition coefficient (Wildman–Crippen LogP) is 3.67. The first kappa shape index (κ1) is 19.1. The number of hydrogen-bond donors (Lipinski definition) is 0. The molecular weight excluding hydrogens is 364 g/mol. The SMILES string of the molecule is CN(CCN1CCCC1)C(=O)[C@H]1CC[C@@]2(CC1)OC(=O)c1cc(C3CC3)ccc12. The van der Waals surface area contributed by atoms with E-state index in [0.717, 1.165) is 49.9 Å². The number of carbonyl (C=O) groups excluding carboxylic acids is 2. The second-order valence-corrected chi connectivity index (χ2v) is 9.55. The van der Waals surface area contributed by atoms with Gasteiger partial charge in [-0.2, -0.15) is 0 Å². The summed E-state index contributed by atoms with van der Waals surface area (Å²) in [6, 6.07) is 6.37. The maximum Gasteiger partial charge on any atom is 0.339 e. The summed E-state index contributed by atoms with van der Waals surface area (Å²) in [5.74, 6) is 0.773. The van der Waals surface area contributed by atoms with Crippen molar-refractivity contribution in [3.8, 4) is 0 Å². The van der Waals surface area contributed by atoms with E-state index in [0.29, 0.717) is 5.92 Å². The molecule has 1 saturated heterocycles. The summed E-state index contributed by atoms with van der Waals surface area (Å²) in [6.07, 6.45) is 8.13. The highest BCUT2D eigenvalue weighted by atomic mass is 16.6. The highest BCUT2D eigenvalue weighted by molar-refractivity contribution is 5.95. The molecule has 0 unspecified atom stereocenters. The van der Waals surface area contributed by atoms with Crippen LogP contribution in [0.3, 0.4) is 0 Å². The van der Waals surface area contributed by atoms with Crippen LogP contribution in [-0.4, -0.2) is 54.9 Å². The molecule has 5 rings (SSSR count). The molecule has 29 heavy (non-hydrogen) atoms. The van der Waals surface area contributed by atoms with Gasteiger partial charge in [0.15, 0.2) is 0 Å². The summed E-state index contributed by atoms with van der Waals surface area (Å²) < 4.78 is 5.95. The van der Waals surface area contributed by atoms with Gasteiger partial charge in [0.05, 0.1) is 5.56 Å². The van der Waals surface area contributed by atoms with Gasteiger partial charge < -0.3 is 14.5 Å². The number of amides is 1. The van der Waals surface area contributed by atoms with Gasteiger partial charge in [-0.3, -0.25) is 4.79 Å². The normalized spacial score (nSPS) is 29.1. The first-order valence-corrected chi connectivity index (χ1v) is 11.4. The molecule has 2 aliphatic carbocycles. The van der Waals surface area contributed by atoms with Crippen LogP contribution in [0.25, 0.3) is 0 Å². The minimum absolute atomic E-state index is 0.0534. The Hall–Kier alpha value is -1.88. The molecule has 156 valence electrons. The van der Waals surface area contributed by atoms with Crippen LogP contribution in [0, 0.1) is 5.92 Å². The van der Waals surface area contributed by atoms with E-state index in [1.54, 1.807) is 0 Å². The number of likely N-dealkylation sites (N-methyl/N-ethyl adjacent to an activating group) is 1. The molecule has 5 heteroatoms. The molecule has 2 saturated carbocycles. The third-order valence-corrected chi connectivity index (χ3v) is 7.56. The summed E-state index contributed by atoms with van der Waals surface area (Å²) in [6.45, 7) is 4.12. The molecule has 0 N–H and O–H groups in total. The summed E-state index contributed by atoms with van der Waals surface area (Å²) in [7, 11) is 1.94. The monoisotopic (exact) mass is 396 g/mol. The number of rotatable bonds is 5. The highest BCUT2D eigenvalue weighted by Gasteiger charge is 2.49. The van der Waals surface area contributed by atoms with Crippen LogP contribution in [0.2, 0.25) is 0 Å². The predicted molar refractivity (Wildman–Crippen MR) is 111 cm³/mol. The first-order chi connectivity index (χ1) is 14.1. The molecule has 0 radical (unpaired) electrons. The topological polar surface area (TPSA) is 49.9 Å². The Morgan fingerprint density at radius 2 is 1.90 bits per heavy atom. The summed E-state index contributed by atoms with van der Waals surface area (Å²) in [5.41, 5.74) is 2.60. The Morgan fingerprint density at radius 3 is 2.59 bits per heavy atom. The third-order valence-electron chi connectivity index (χ3n) is 7.56. The highest BCUT2D eigenvalue weighted by Crippen LogP contribution is 2.50. The number of hydrogen-bond acceptors (Lipinski definition) is 4. The number of esters is 1. The lowest BCUT2D eigenvalue weighted by atomic mass is 9.74. The molecule has 3 fully saturated rings. The third kappa shape index (κ3) is 3.58. The van der Waals surface area contributed by atoms with Gasteiger partial charge in [0.2, 0.25) is 5.91 Å². The number of benzene rings is 1.